The first kappa shape index (κ1) is 20.9. The third kappa shape index (κ3) is 4.03. The fraction of sp³-hybridized carbons (Fsp3) is 0.185. The van der Waals surface area contributed by atoms with Crippen LogP contribution in [0.2, 0.25) is 0 Å². The molecule has 2 aromatic heterocycles. The smallest absolute Gasteiger partial charge is 0.253 e. The number of carbonyl (C=O) groups is 1. The first-order valence-electron chi connectivity index (χ1n) is 11.4. The first-order chi connectivity index (χ1) is 16.5. The van der Waals surface area contributed by atoms with Gasteiger partial charge >= 0.3 is 0 Å². The van der Waals surface area contributed by atoms with E-state index >= 15 is 0 Å². The maximum atomic E-state index is 13.6. The predicted molar refractivity (Wildman–Crippen MR) is 136 cm³/mol. The summed E-state index contributed by atoms with van der Waals surface area (Å²) in [7, 11) is 0. The van der Waals surface area contributed by atoms with Crippen molar-refractivity contribution in [3.05, 3.63) is 83.8 Å². The van der Waals surface area contributed by atoms with Crippen molar-refractivity contribution >= 4 is 43.5 Å². The number of aromatic nitrogens is 2. The van der Waals surface area contributed by atoms with Crippen molar-refractivity contribution in [2.45, 2.75) is 31.8 Å². The second-order valence-corrected chi connectivity index (χ2v) is 9.86. The number of benzene rings is 3. The largest absolute Gasteiger partial charge is 0.360 e. The summed E-state index contributed by atoms with van der Waals surface area (Å²) in [5.41, 5.74) is 5.29. The third-order valence-electron chi connectivity index (χ3n) is 6.25. The summed E-state index contributed by atoms with van der Waals surface area (Å²) in [5.74, 6) is -0.516. The SMILES string of the molecule is C[C@H](NC(=O)c1c[nH]c2ccc(-c3ccc4nc(NC5CC5)sc4c3)cc12)c1cccc(F)c1. The van der Waals surface area contributed by atoms with Gasteiger partial charge in [0.25, 0.3) is 5.91 Å². The normalized spacial score (nSPS) is 14.4. The predicted octanol–water partition coefficient (Wildman–Crippen LogP) is 6.65. The number of nitrogens with one attached hydrogen (secondary N) is 3. The van der Waals surface area contributed by atoms with Gasteiger partial charge in [-0.15, -0.1) is 0 Å². The average molecular weight is 471 g/mol. The maximum Gasteiger partial charge on any atom is 0.253 e. The highest BCUT2D eigenvalue weighted by molar-refractivity contribution is 7.22. The van der Waals surface area contributed by atoms with Gasteiger partial charge in [0.15, 0.2) is 5.13 Å². The van der Waals surface area contributed by atoms with Crippen LogP contribution < -0.4 is 10.6 Å². The van der Waals surface area contributed by atoms with Crippen molar-refractivity contribution in [3.8, 4) is 11.1 Å². The van der Waals surface area contributed by atoms with E-state index in [1.807, 2.05) is 25.1 Å². The second kappa shape index (κ2) is 8.25. The number of aromatic amines is 1. The molecule has 0 saturated heterocycles. The highest BCUT2D eigenvalue weighted by Gasteiger charge is 2.22. The van der Waals surface area contributed by atoms with Gasteiger partial charge in [0.1, 0.15) is 5.82 Å². The number of H-pyrrole nitrogens is 1. The van der Waals surface area contributed by atoms with Crippen molar-refractivity contribution in [2.75, 3.05) is 5.32 Å². The molecule has 5 nitrogen and oxygen atoms in total. The lowest BCUT2D eigenvalue weighted by atomic mass is 10.0. The van der Waals surface area contributed by atoms with Crippen molar-refractivity contribution in [2.24, 2.45) is 0 Å². The second-order valence-electron chi connectivity index (χ2n) is 8.83. The molecular formula is C27H23FN4OS. The molecule has 0 spiro atoms. The summed E-state index contributed by atoms with van der Waals surface area (Å²) in [6.45, 7) is 1.85. The van der Waals surface area contributed by atoms with Crippen LogP contribution in [-0.2, 0) is 0 Å². The van der Waals surface area contributed by atoms with E-state index < -0.39 is 0 Å². The zero-order valence-corrected chi connectivity index (χ0v) is 19.4. The molecule has 170 valence electrons. The fourth-order valence-electron chi connectivity index (χ4n) is 4.19. The molecule has 3 N–H and O–H groups in total. The molecule has 0 unspecified atom stereocenters. The van der Waals surface area contributed by atoms with Gasteiger partial charge in [-0.05, 0) is 72.9 Å². The summed E-state index contributed by atoms with van der Waals surface area (Å²) < 4.78 is 14.7. The van der Waals surface area contributed by atoms with Crippen LogP contribution in [0, 0.1) is 5.82 Å². The lowest BCUT2D eigenvalue weighted by molar-refractivity contribution is 0.0941. The summed E-state index contributed by atoms with van der Waals surface area (Å²) in [6.07, 6.45) is 4.16. The Morgan fingerprint density at radius 1 is 1.12 bits per heavy atom. The minimum atomic E-state index is -0.316. The Hall–Kier alpha value is -3.71. The lowest BCUT2D eigenvalue weighted by Gasteiger charge is -2.14. The molecule has 0 radical (unpaired) electrons. The van der Waals surface area contributed by atoms with Crippen molar-refractivity contribution in [1.29, 1.82) is 0 Å². The molecule has 6 rings (SSSR count). The number of thiazole rings is 1. The minimum Gasteiger partial charge on any atom is -0.360 e. The Balaban J connectivity index is 1.29. The number of anilines is 1. The summed E-state index contributed by atoms with van der Waals surface area (Å²) in [5, 5.41) is 8.28. The lowest BCUT2D eigenvalue weighted by Crippen LogP contribution is -2.26. The van der Waals surface area contributed by atoms with Crippen LogP contribution in [0.1, 0.15) is 41.7 Å². The number of nitrogens with zero attached hydrogens (tertiary/aromatic N) is 1. The Labute approximate surface area is 200 Å². The van der Waals surface area contributed by atoms with Crippen LogP contribution in [-0.4, -0.2) is 21.9 Å². The van der Waals surface area contributed by atoms with Gasteiger partial charge in [-0.1, -0.05) is 35.6 Å². The molecular weight excluding hydrogens is 447 g/mol. The summed E-state index contributed by atoms with van der Waals surface area (Å²) in [4.78, 5) is 20.9. The van der Waals surface area contributed by atoms with Crippen molar-refractivity contribution < 1.29 is 9.18 Å². The molecule has 3 aromatic carbocycles. The fourth-order valence-corrected chi connectivity index (χ4v) is 5.17. The molecule has 0 aliphatic heterocycles. The Kier molecular flexibility index (Phi) is 5.07. The number of hydrogen-bond donors (Lipinski definition) is 3. The Morgan fingerprint density at radius 3 is 2.76 bits per heavy atom. The molecule has 7 heteroatoms. The number of halogens is 1. The van der Waals surface area contributed by atoms with E-state index in [1.165, 1.54) is 25.0 Å². The summed E-state index contributed by atoms with van der Waals surface area (Å²) in [6, 6.07) is 18.9. The van der Waals surface area contributed by atoms with E-state index in [2.05, 4.69) is 39.9 Å². The molecule has 1 saturated carbocycles. The number of fused-ring (bicyclic) bond motifs is 2. The Morgan fingerprint density at radius 2 is 1.94 bits per heavy atom. The first-order valence-corrected chi connectivity index (χ1v) is 12.2. The van der Waals surface area contributed by atoms with E-state index in [-0.39, 0.29) is 17.8 Å². The van der Waals surface area contributed by atoms with Gasteiger partial charge in [-0.2, -0.15) is 0 Å². The van der Waals surface area contributed by atoms with Gasteiger partial charge in [0.05, 0.1) is 21.8 Å². The number of amides is 1. The van der Waals surface area contributed by atoms with Gasteiger partial charge < -0.3 is 15.6 Å². The zero-order valence-electron chi connectivity index (χ0n) is 18.6. The maximum absolute atomic E-state index is 13.6. The quantitative estimate of drug-likeness (QED) is 0.260. The minimum absolute atomic E-state index is 0.200. The van der Waals surface area contributed by atoms with Gasteiger partial charge in [0.2, 0.25) is 0 Å². The van der Waals surface area contributed by atoms with E-state index in [0.29, 0.717) is 11.6 Å². The van der Waals surface area contributed by atoms with Gasteiger partial charge in [-0.3, -0.25) is 4.79 Å². The molecule has 1 amide bonds. The standard InChI is InChI=1S/C27H23FN4OS/c1-15(16-3-2-4-19(28)11-16)30-26(33)22-14-29-23-9-5-17(12-21(22)23)18-6-10-24-25(13-18)34-27(32-24)31-20-7-8-20/h2-6,9-15,20,29H,7-8H2,1H3,(H,30,33)(H,31,32)/t15-/m0/s1. The van der Waals surface area contributed by atoms with Crippen LogP contribution in [0.15, 0.2) is 66.9 Å². The van der Waals surface area contributed by atoms with Crippen LogP contribution >= 0.6 is 11.3 Å². The molecule has 1 fully saturated rings. The number of rotatable bonds is 6. The van der Waals surface area contributed by atoms with Crippen molar-refractivity contribution in [1.82, 2.24) is 15.3 Å². The monoisotopic (exact) mass is 470 g/mol. The van der Waals surface area contributed by atoms with Crippen molar-refractivity contribution in [3.63, 3.8) is 0 Å². The highest BCUT2D eigenvalue weighted by Crippen LogP contribution is 2.34. The van der Waals surface area contributed by atoms with Crippen LogP contribution in [0.25, 0.3) is 32.2 Å². The molecule has 1 atom stereocenters. The van der Waals surface area contributed by atoms with E-state index in [0.717, 1.165) is 42.9 Å². The van der Waals surface area contributed by atoms with E-state index in [1.54, 1.807) is 23.6 Å². The number of carbonyl (C=O) groups excluding carboxylic acids is 1. The molecule has 1 aliphatic rings. The summed E-state index contributed by atoms with van der Waals surface area (Å²) >= 11 is 1.67. The molecule has 34 heavy (non-hydrogen) atoms. The zero-order chi connectivity index (χ0) is 23.2. The highest BCUT2D eigenvalue weighted by atomic mass is 32.1. The molecule has 0 bridgehead atoms. The van der Waals surface area contributed by atoms with Gasteiger partial charge in [-0.25, -0.2) is 9.37 Å². The van der Waals surface area contributed by atoms with Crippen LogP contribution in [0.5, 0.6) is 0 Å². The number of hydrogen-bond acceptors (Lipinski definition) is 4. The Bertz CT molecular complexity index is 1530. The molecule has 1 aliphatic carbocycles. The average Bonchev–Trinajstić information content (AvgIpc) is 3.39. The third-order valence-corrected chi connectivity index (χ3v) is 7.20. The van der Waals surface area contributed by atoms with Crippen LogP contribution in [0.4, 0.5) is 9.52 Å². The van der Waals surface area contributed by atoms with Gasteiger partial charge in [0, 0.05) is 23.1 Å². The molecule has 2 heterocycles. The molecule has 5 aromatic rings. The topological polar surface area (TPSA) is 69.8 Å². The van der Waals surface area contributed by atoms with E-state index in [4.69, 9.17) is 4.98 Å². The van der Waals surface area contributed by atoms with E-state index in [9.17, 15) is 9.18 Å². The van der Waals surface area contributed by atoms with Crippen LogP contribution in [0.3, 0.4) is 0 Å².